The third kappa shape index (κ3) is 2.98. The van der Waals surface area contributed by atoms with E-state index in [2.05, 4.69) is 0 Å². The van der Waals surface area contributed by atoms with Gasteiger partial charge in [-0.05, 0) is 19.1 Å². The smallest absolute Gasteiger partial charge is 0.338 e. The SMILES string of the molecule is CCOCCOC(=O)C1=Cc2ccccc2N(O)C1O. The number of esters is 1. The monoisotopic (exact) mass is 279 g/mol. The van der Waals surface area contributed by atoms with Gasteiger partial charge in [-0.1, -0.05) is 18.2 Å². The average Bonchev–Trinajstić information content (AvgIpc) is 2.47. The van der Waals surface area contributed by atoms with Gasteiger partial charge in [-0.2, -0.15) is 0 Å². The molecule has 1 unspecified atom stereocenters. The number of aliphatic hydroxyl groups excluding tert-OH is 1. The molecule has 0 bridgehead atoms. The number of ether oxygens (including phenoxy) is 2. The van der Waals surface area contributed by atoms with Crippen molar-refractivity contribution in [3.05, 3.63) is 35.4 Å². The second-order valence-corrected chi connectivity index (χ2v) is 4.21. The lowest BCUT2D eigenvalue weighted by Gasteiger charge is -2.29. The van der Waals surface area contributed by atoms with Gasteiger partial charge < -0.3 is 14.6 Å². The Balaban J connectivity index is 2.11. The zero-order valence-corrected chi connectivity index (χ0v) is 11.2. The molecule has 0 fully saturated rings. The Kier molecular flexibility index (Phi) is 4.73. The average molecular weight is 279 g/mol. The van der Waals surface area contributed by atoms with E-state index in [0.29, 0.717) is 29.5 Å². The van der Waals surface area contributed by atoms with Crippen LogP contribution >= 0.6 is 0 Å². The van der Waals surface area contributed by atoms with Crippen LogP contribution in [0.2, 0.25) is 0 Å². The largest absolute Gasteiger partial charge is 0.460 e. The fourth-order valence-corrected chi connectivity index (χ4v) is 1.91. The molecule has 20 heavy (non-hydrogen) atoms. The molecule has 1 aromatic carbocycles. The number of carbonyl (C=O) groups excluding carboxylic acids is 1. The molecule has 0 aromatic heterocycles. The highest BCUT2D eigenvalue weighted by molar-refractivity contribution is 5.97. The lowest BCUT2D eigenvalue weighted by atomic mass is 10.0. The summed E-state index contributed by atoms with van der Waals surface area (Å²) < 4.78 is 10.0. The summed E-state index contributed by atoms with van der Waals surface area (Å²) in [7, 11) is 0. The first-order chi connectivity index (χ1) is 9.65. The molecule has 1 aliphatic heterocycles. The number of rotatable bonds is 5. The highest BCUT2D eigenvalue weighted by Gasteiger charge is 2.30. The zero-order valence-electron chi connectivity index (χ0n) is 11.2. The van der Waals surface area contributed by atoms with Gasteiger partial charge >= 0.3 is 5.97 Å². The number of hydrogen-bond donors (Lipinski definition) is 2. The Morgan fingerprint density at radius 3 is 2.85 bits per heavy atom. The predicted molar refractivity (Wildman–Crippen MR) is 72.1 cm³/mol. The van der Waals surface area contributed by atoms with Gasteiger partial charge in [0.05, 0.1) is 17.9 Å². The van der Waals surface area contributed by atoms with Crippen molar-refractivity contribution < 1.29 is 24.6 Å². The Hall–Kier alpha value is -1.89. The summed E-state index contributed by atoms with van der Waals surface area (Å²) in [6.45, 7) is 2.78. The molecule has 0 amide bonds. The van der Waals surface area contributed by atoms with E-state index in [4.69, 9.17) is 9.47 Å². The number of hydrogen-bond acceptors (Lipinski definition) is 6. The van der Waals surface area contributed by atoms with Crippen LogP contribution < -0.4 is 5.06 Å². The van der Waals surface area contributed by atoms with Crippen LogP contribution in [-0.4, -0.2) is 42.3 Å². The van der Waals surface area contributed by atoms with Crippen LogP contribution in [0, 0.1) is 0 Å². The molecule has 1 aromatic rings. The van der Waals surface area contributed by atoms with Crippen molar-refractivity contribution in [1.29, 1.82) is 0 Å². The van der Waals surface area contributed by atoms with Crippen molar-refractivity contribution in [2.24, 2.45) is 0 Å². The van der Waals surface area contributed by atoms with Crippen LogP contribution in [0.25, 0.3) is 6.08 Å². The lowest BCUT2D eigenvalue weighted by molar-refractivity contribution is -0.142. The summed E-state index contributed by atoms with van der Waals surface area (Å²) >= 11 is 0. The molecule has 2 N–H and O–H groups in total. The van der Waals surface area contributed by atoms with Crippen molar-refractivity contribution in [3.8, 4) is 0 Å². The Bertz CT molecular complexity index is 514. The Morgan fingerprint density at radius 2 is 2.10 bits per heavy atom. The summed E-state index contributed by atoms with van der Waals surface area (Å²) in [6.07, 6.45) is 0.0694. The quantitative estimate of drug-likeness (QED) is 0.622. The van der Waals surface area contributed by atoms with Crippen LogP contribution in [0.1, 0.15) is 12.5 Å². The third-order valence-electron chi connectivity index (χ3n) is 2.91. The third-order valence-corrected chi connectivity index (χ3v) is 2.91. The first-order valence-electron chi connectivity index (χ1n) is 6.36. The van der Waals surface area contributed by atoms with Gasteiger partial charge in [-0.3, -0.25) is 5.21 Å². The van der Waals surface area contributed by atoms with Gasteiger partial charge in [0.2, 0.25) is 0 Å². The van der Waals surface area contributed by atoms with Gasteiger partial charge in [0, 0.05) is 12.2 Å². The maximum absolute atomic E-state index is 11.9. The highest BCUT2D eigenvalue weighted by Crippen LogP contribution is 2.30. The lowest BCUT2D eigenvalue weighted by Crippen LogP contribution is -2.39. The first kappa shape index (κ1) is 14.5. The van der Waals surface area contributed by atoms with Crippen LogP contribution in [0.4, 0.5) is 5.69 Å². The van der Waals surface area contributed by atoms with E-state index in [-0.39, 0.29) is 12.2 Å². The molecular formula is C14H17NO5. The molecule has 0 aliphatic carbocycles. The van der Waals surface area contributed by atoms with Crippen molar-refractivity contribution in [2.75, 3.05) is 24.9 Å². The fourth-order valence-electron chi connectivity index (χ4n) is 1.91. The second kappa shape index (κ2) is 6.51. The summed E-state index contributed by atoms with van der Waals surface area (Å²) in [5.74, 6) is -0.675. The van der Waals surface area contributed by atoms with E-state index >= 15 is 0 Å². The summed E-state index contributed by atoms with van der Waals surface area (Å²) in [5, 5.41) is 20.4. The van der Waals surface area contributed by atoms with E-state index in [1.165, 1.54) is 6.08 Å². The molecule has 108 valence electrons. The van der Waals surface area contributed by atoms with E-state index < -0.39 is 12.2 Å². The molecule has 0 radical (unpaired) electrons. The number of nitrogens with zero attached hydrogens (tertiary/aromatic N) is 1. The molecule has 1 aliphatic rings. The van der Waals surface area contributed by atoms with E-state index in [1.807, 2.05) is 6.92 Å². The fraction of sp³-hybridized carbons (Fsp3) is 0.357. The summed E-state index contributed by atoms with van der Waals surface area (Å²) in [6, 6.07) is 6.89. The first-order valence-corrected chi connectivity index (χ1v) is 6.36. The highest BCUT2D eigenvalue weighted by atomic mass is 16.6. The molecule has 1 heterocycles. The zero-order chi connectivity index (χ0) is 14.5. The van der Waals surface area contributed by atoms with E-state index in [1.54, 1.807) is 24.3 Å². The molecule has 0 saturated carbocycles. The molecule has 6 nitrogen and oxygen atoms in total. The number of fused-ring (bicyclic) bond motifs is 1. The van der Waals surface area contributed by atoms with Gasteiger partial charge in [-0.15, -0.1) is 0 Å². The molecular weight excluding hydrogens is 262 g/mol. The van der Waals surface area contributed by atoms with Crippen LogP contribution in [0.3, 0.4) is 0 Å². The number of carbonyl (C=O) groups is 1. The van der Waals surface area contributed by atoms with Crippen molar-refractivity contribution >= 4 is 17.7 Å². The standard InChI is InChI=1S/C14H17NO5/c1-2-19-7-8-20-14(17)11-9-10-5-3-4-6-12(10)15(18)13(11)16/h3-6,9,13,16,18H,2,7-8H2,1H3. The van der Waals surface area contributed by atoms with E-state index in [0.717, 1.165) is 0 Å². The number of benzene rings is 1. The number of anilines is 1. The van der Waals surface area contributed by atoms with E-state index in [9.17, 15) is 15.1 Å². The summed E-state index contributed by atoms with van der Waals surface area (Å²) in [5.41, 5.74) is 1.06. The van der Waals surface area contributed by atoms with Crippen LogP contribution in [-0.2, 0) is 14.3 Å². The van der Waals surface area contributed by atoms with Crippen molar-refractivity contribution in [3.63, 3.8) is 0 Å². The summed E-state index contributed by atoms with van der Waals surface area (Å²) in [4.78, 5) is 11.9. The molecule has 0 spiro atoms. The molecule has 6 heteroatoms. The van der Waals surface area contributed by atoms with Gasteiger partial charge in [-0.25, -0.2) is 9.86 Å². The normalized spacial score (nSPS) is 17.4. The Morgan fingerprint density at radius 1 is 1.35 bits per heavy atom. The van der Waals surface area contributed by atoms with Gasteiger partial charge in [0.1, 0.15) is 6.61 Å². The maximum Gasteiger partial charge on any atom is 0.338 e. The topological polar surface area (TPSA) is 79.2 Å². The van der Waals surface area contributed by atoms with Crippen molar-refractivity contribution in [1.82, 2.24) is 0 Å². The number of hydroxylamine groups is 1. The predicted octanol–water partition coefficient (Wildman–Crippen LogP) is 1.18. The van der Waals surface area contributed by atoms with Gasteiger partial charge in [0.25, 0.3) is 0 Å². The molecule has 2 rings (SSSR count). The second-order valence-electron chi connectivity index (χ2n) is 4.21. The minimum absolute atomic E-state index is 0.0114. The van der Waals surface area contributed by atoms with Crippen LogP contribution in [0.5, 0.6) is 0 Å². The molecule has 1 atom stereocenters. The van der Waals surface area contributed by atoms with Gasteiger partial charge in [0.15, 0.2) is 6.23 Å². The molecule has 0 saturated heterocycles. The number of para-hydroxylation sites is 1. The maximum atomic E-state index is 11.9. The minimum atomic E-state index is -1.44. The number of aliphatic hydroxyl groups is 1. The minimum Gasteiger partial charge on any atom is -0.460 e. The van der Waals surface area contributed by atoms with Crippen molar-refractivity contribution in [2.45, 2.75) is 13.2 Å². The van der Waals surface area contributed by atoms with Crippen LogP contribution in [0.15, 0.2) is 29.8 Å². The Labute approximate surface area is 116 Å².